The maximum Gasteiger partial charge on any atom is 0.327 e. The van der Waals surface area contributed by atoms with Crippen LogP contribution in [0.3, 0.4) is 0 Å². The maximum atomic E-state index is 11.3. The Morgan fingerprint density at radius 2 is 2.25 bits per heavy atom. The zero-order valence-electron chi connectivity index (χ0n) is 6.91. The van der Waals surface area contributed by atoms with Crippen molar-refractivity contribution in [3.63, 3.8) is 0 Å². The standard InChI is InChI=1S/C8H10N2O2/c1-3-5-9-6-7(11)10(4-2)8(9)12/h1H,4-6H2,2H3. The van der Waals surface area contributed by atoms with Gasteiger partial charge >= 0.3 is 6.03 Å². The van der Waals surface area contributed by atoms with Crippen LogP contribution in [-0.4, -0.2) is 41.4 Å². The lowest BCUT2D eigenvalue weighted by Crippen LogP contribution is -2.32. The number of imide groups is 1. The molecule has 1 heterocycles. The number of likely N-dealkylation sites (N-methyl/N-ethyl adjacent to an activating group) is 1. The lowest BCUT2D eigenvalue weighted by atomic mass is 10.5. The molecular formula is C8H10N2O2. The molecule has 0 unspecified atom stereocenters. The van der Waals surface area contributed by atoms with Crippen molar-refractivity contribution in [1.82, 2.24) is 9.80 Å². The first-order valence-electron chi connectivity index (χ1n) is 3.73. The number of urea groups is 1. The van der Waals surface area contributed by atoms with E-state index in [4.69, 9.17) is 6.42 Å². The van der Waals surface area contributed by atoms with Gasteiger partial charge in [0, 0.05) is 6.54 Å². The highest BCUT2D eigenvalue weighted by molar-refractivity contribution is 6.02. The van der Waals surface area contributed by atoms with Crippen LogP contribution in [0.1, 0.15) is 6.92 Å². The van der Waals surface area contributed by atoms with Crippen molar-refractivity contribution < 1.29 is 9.59 Å². The van der Waals surface area contributed by atoms with Gasteiger partial charge in [0.2, 0.25) is 5.91 Å². The number of terminal acetylenes is 1. The van der Waals surface area contributed by atoms with Crippen LogP contribution in [0.5, 0.6) is 0 Å². The SMILES string of the molecule is C#CCN1CC(=O)N(CC)C1=O. The Labute approximate surface area is 71.1 Å². The summed E-state index contributed by atoms with van der Waals surface area (Å²) in [7, 11) is 0. The van der Waals surface area contributed by atoms with Crippen molar-refractivity contribution in [2.75, 3.05) is 19.6 Å². The lowest BCUT2D eigenvalue weighted by Gasteiger charge is -2.12. The molecule has 12 heavy (non-hydrogen) atoms. The van der Waals surface area contributed by atoms with Gasteiger partial charge in [0.1, 0.15) is 6.54 Å². The van der Waals surface area contributed by atoms with E-state index < -0.39 is 0 Å². The van der Waals surface area contributed by atoms with Gasteiger partial charge in [-0.05, 0) is 6.92 Å². The van der Waals surface area contributed by atoms with Crippen LogP contribution >= 0.6 is 0 Å². The summed E-state index contributed by atoms with van der Waals surface area (Å²) in [6, 6.07) is -0.277. The molecule has 0 spiro atoms. The normalized spacial score (nSPS) is 17.0. The Hall–Kier alpha value is -1.50. The number of hydrogen-bond donors (Lipinski definition) is 0. The fourth-order valence-corrected chi connectivity index (χ4v) is 1.14. The van der Waals surface area contributed by atoms with Gasteiger partial charge in [-0.25, -0.2) is 4.79 Å². The summed E-state index contributed by atoms with van der Waals surface area (Å²) in [5, 5.41) is 0. The van der Waals surface area contributed by atoms with Crippen molar-refractivity contribution in [3.8, 4) is 12.3 Å². The number of hydrogen-bond acceptors (Lipinski definition) is 2. The zero-order valence-corrected chi connectivity index (χ0v) is 6.91. The average Bonchev–Trinajstić information content (AvgIpc) is 2.29. The molecule has 3 amide bonds. The van der Waals surface area contributed by atoms with Gasteiger partial charge < -0.3 is 4.90 Å². The Balaban J connectivity index is 2.70. The molecule has 1 aliphatic heterocycles. The summed E-state index contributed by atoms with van der Waals surface area (Å²) in [5.41, 5.74) is 0. The van der Waals surface area contributed by atoms with Crippen molar-refractivity contribution >= 4 is 11.9 Å². The molecular weight excluding hydrogens is 156 g/mol. The topological polar surface area (TPSA) is 40.6 Å². The molecule has 0 N–H and O–H groups in total. The molecule has 4 nitrogen and oxygen atoms in total. The largest absolute Gasteiger partial charge is 0.327 e. The van der Waals surface area contributed by atoms with Gasteiger partial charge in [0.25, 0.3) is 0 Å². The third-order valence-electron chi connectivity index (χ3n) is 1.73. The fraction of sp³-hybridized carbons (Fsp3) is 0.500. The summed E-state index contributed by atoms with van der Waals surface area (Å²) in [6.07, 6.45) is 5.03. The molecule has 1 rings (SSSR count). The third kappa shape index (κ3) is 1.26. The van der Waals surface area contributed by atoms with Gasteiger partial charge in [-0.2, -0.15) is 0 Å². The number of amides is 3. The van der Waals surface area contributed by atoms with Crippen molar-refractivity contribution in [1.29, 1.82) is 0 Å². The molecule has 0 radical (unpaired) electrons. The van der Waals surface area contributed by atoms with E-state index in [1.807, 2.05) is 0 Å². The first kappa shape index (κ1) is 8.60. The summed E-state index contributed by atoms with van der Waals surface area (Å²) in [6.45, 7) is 2.51. The first-order chi connectivity index (χ1) is 5.70. The summed E-state index contributed by atoms with van der Waals surface area (Å²) in [5.74, 6) is 2.16. The lowest BCUT2D eigenvalue weighted by molar-refractivity contribution is -0.125. The van der Waals surface area contributed by atoms with E-state index >= 15 is 0 Å². The Morgan fingerprint density at radius 1 is 1.58 bits per heavy atom. The number of rotatable bonds is 2. The molecule has 4 heteroatoms. The number of carbonyl (C=O) groups is 2. The van der Waals surface area contributed by atoms with Crippen LogP contribution in [0, 0.1) is 12.3 Å². The third-order valence-corrected chi connectivity index (χ3v) is 1.73. The molecule has 1 aliphatic rings. The molecule has 0 aromatic heterocycles. The van der Waals surface area contributed by atoms with Gasteiger partial charge in [-0.1, -0.05) is 5.92 Å². The monoisotopic (exact) mass is 166 g/mol. The second-order valence-electron chi connectivity index (χ2n) is 2.48. The zero-order chi connectivity index (χ0) is 9.14. The van der Waals surface area contributed by atoms with Gasteiger partial charge in [-0.15, -0.1) is 6.42 Å². The minimum absolute atomic E-state index is 0.122. The predicted molar refractivity (Wildman–Crippen MR) is 43.2 cm³/mol. The molecule has 0 atom stereocenters. The van der Waals surface area contributed by atoms with Crippen molar-refractivity contribution in [3.05, 3.63) is 0 Å². The smallest absolute Gasteiger partial charge is 0.304 e. The molecule has 1 saturated heterocycles. The Morgan fingerprint density at radius 3 is 2.67 bits per heavy atom. The molecule has 1 fully saturated rings. The second-order valence-corrected chi connectivity index (χ2v) is 2.48. The highest BCUT2D eigenvalue weighted by Gasteiger charge is 2.33. The van der Waals surface area contributed by atoms with Crippen molar-refractivity contribution in [2.24, 2.45) is 0 Å². The highest BCUT2D eigenvalue weighted by Crippen LogP contribution is 2.08. The molecule has 0 aromatic carbocycles. The molecule has 0 saturated carbocycles. The fourth-order valence-electron chi connectivity index (χ4n) is 1.14. The van der Waals surface area contributed by atoms with Crippen LogP contribution in [0.15, 0.2) is 0 Å². The van der Waals surface area contributed by atoms with Gasteiger partial charge in [0.15, 0.2) is 0 Å². The summed E-state index contributed by atoms with van der Waals surface area (Å²) >= 11 is 0. The average molecular weight is 166 g/mol. The molecule has 0 aliphatic carbocycles. The highest BCUT2D eigenvalue weighted by atomic mass is 16.2. The van der Waals surface area contributed by atoms with E-state index in [0.717, 1.165) is 0 Å². The van der Waals surface area contributed by atoms with E-state index in [9.17, 15) is 9.59 Å². The van der Waals surface area contributed by atoms with Gasteiger partial charge in [0.05, 0.1) is 6.54 Å². The maximum absolute atomic E-state index is 11.3. The molecule has 0 bridgehead atoms. The summed E-state index contributed by atoms with van der Waals surface area (Å²) < 4.78 is 0. The minimum Gasteiger partial charge on any atom is -0.304 e. The van der Waals surface area contributed by atoms with Crippen LogP contribution in [0.25, 0.3) is 0 Å². The first-order valence-corrected chi connectivity index (χ1v) is 3.73. The summed E-state index contributed by atoms with van der Waals surface area (Å²) in [4.78, 5) is 24.9. The Bertz CT molecular complexity index is 254. The molecule has 64 valence electrons. The predicted octanol–water partition coefficient (Wildman–Crippen LogP) is -0.0963. The Kier molecular flexibility index (Phi) is 2.34. The number of carbonyl (C=O) groups excluding carboxylic acids is 2. The number of nitrogens with zero attached hydrogens (tertiary/aromatic N) is 2. The van der Waals surface area contributed by atoms with Crippen LogP contribution < -0.4 is 0 Å². The van der Waals surface area contributed by atoms with E-state index in [-0.39, 0.29) is 25.0 Å². The quantitative estimate of drug-likeness (QED) is 0.424. The van der Waals surface area contributed by atoms with E-state index in [0.29, 0.717) is 6.54 Å². The van der Waals surface area contributed by atoms with Gasteiger partial charge in [-0.3, -0.25) is 9.69 Å². The van der Waals surface area contributed by atoms with Crippen LogP contribution in [-0.2, 0) is 4.79 Å². The minimum atomic E-state index is -0.277. The second kappa shape index (κ2) is 3.26. The molecule has 0 aromatic rings. The van der Waals surface area contributed by atoms with E-state index in [2.05, 4.69) is 5.92 Å². The van der Waals surface area contributed by atoms with E-state index in [1.165, 1.54) is 9.80 Å². The van der Waals surface area contributed by atoms with Crippen molar-refractivity contribution in [2.45, 2.75) is 6.92 Å². The van der Waals surface area contributed by atoms with Crippen LogP contribution in [0.4, 0.5) is 4.79 Å². The van der Waals surface area contributed by atoms with E-state index in [1.54, 1.807) is 6.92 Å². The van der Waals surface area contributed by atoms with Crippen LogP contribution in [0.2, 0.25) is 0 Å².